The molecule has 2 saturated heterocycles. The maximum Gasteiger partial charge on any atom is 0.315 e. The number of esters is 1. The Balaban J connectivity index is 1.82. The Morgan fingerprint density at radius 2 is 2.18 bits per heavy atom. The molecule has 22 heavy (non-hydrogen) atoms. The number of allylic oxidation sites excluding steroid dienone is 1. The molecule has 5 aliphatic rings. The Bertz CT molecular complexity index is 543. The molecule has 0 amide bonds. The van der Waals surface area contributed by atoms with E-state index in [0.29, 0.717) is 12.5 Å². The second-order valence-corrected chi connectivity index (χ2v) is 8.01. The van der Waals surface area contributed by atoms with Crippen LogP contribution in [0.25, 0.3) is 0 Å². The van der Waals surface area contributed by atoms with Gasteiger partial charge in [-0.05, 0) is 51.4 Å². The van der Waals surface area contributed by atoms with Gasteiger partial charge in [0.2, 0.25) is 0 Å². The molecule has 2 saturated carbocycles. The summed E-state index contributed by atoms with van der Waals surface area (Å²) in [4.78, 5) is 12.9. The SMILES string of the molecule is CCOC(=O)[C@@]1(C)C2C3CC4CC2(C=C[C@H]1OC)CC4(C)O3. The van der Waals surface area contributed by atoms with E-state index >= 15 is 0 Å². The van der Waals surface area contributed by atoms with E-state index in [1.165, 1.54) is 0 Å². The molecule has 4 nitrogen and oxygen atoms in total. The molecule has 5 unspecified atom stereocenters. The van der Waals surface area contributed by atoms with Crippen LogP contribution >= 0.6 is 0 Å². The summed E-state index contributed by atoms with van der Waals surface area (Å²) >= 11 is 0. The van der Waals surface area contributed by atoms with Crippen LogP contribution in [0.5, 0.6) is 0 Å². The first-order chi connectivity index (χ1) is 10.4. The van der Waals surface area contributed by atoms with Crippen LogP contribution in [-0.4, -0.2) is 37.5 Å². The molecule has 0 N–H and O–H groups in total. The van der Waals surface area contributed by atoms with Gasteiger partial charge in [0.1, 0.15) is 5.41 Å². The van der Waals surface area contributed by atoms with Gasteiger partial charge in [-0.1, -0.05) is 12.2 Å². The molecule has 2 heterocycles. The number of ether oxygens (including phenoxy) is 3. The molecule has 2 aliphatic heterocycles. The Kier molecular flexibility index (Phi) is 2.91. The molecule has 0 radical (unpaired) electrons. The van der Waals surface area contributed by atoms with E-state index in [1.54, 1.807) is 7.11 Å². The minimum absolute atomic E-state index is 0.000978. The van der Waals surface area contributed by atoms with Gasteiger partial charge < -0.3 is 14.2 Å². The Hall–Kier alpha value is -0.870. The lowest BCUT2D eigenvalue weighted by Crippen LogP contribution is -2.61. The van der Waals surface area contributed by atoms with Crippen molar-refractivity contribution in [3.8, 4) is 0 Å². The summed E-state index contributed by atoms with van der Waals surface area (Å²) in [5.41, 5.74) is -0.584. The Morgan fingerprint density at radius 3 is 2.82 bits per heavy atom. The second-order valence-electron chi connectivity index (χ2n) is 8.01. The van der Waals surface area contributed by atoms with Gasteiger partial charge in [0, 0.05) is 13.0 Å². The highest BCUT2D eigenvalue weighted by Gasteiger charge is 2.73. The van der Waals surface area contributed by atoms with E-state index in [1.807, 2.05) is 13.8 Å². The van der Waals surface area contributed by atoms with Crippen LogP contribution in [0.2, 0.25) is 0 Å². The standard InChI is InChI=1S/C18H26O4/c1-5-21-15(19)17(3)13(20-4)6-7-18-9-11-8-12(14(17)18)22-16(11,2)10-18/h6-7,11-14H,5,8-10H2,1-4H3/t11?,12?,13-,14?,16?,17-,18?/m1/s1. The van der Waals surface area contributed by atoms with Crippen LogP contribution in [-0.2, 0) is 19.0 Å². The first kappa shape index (κ1) is 14.7. The van der Waals surface area contributed by atoms with E-state index in [-0.39, 0.29) is 35.1 Å². The number of carbonyl (C=O) groups is 1. The summed E-state index contributed by atoms with van der Waals surface area (Å²) in [6.07, 6.45) is 7.57. The van der Waals surface area contributed by atoms with E-state index in [2.05, 4.69) is 19.1 Å². The highest BCUT2D eigenvalue weighted by Crippen LogP contribution is 2.71. The third kappa shape index (κ3) is 1.53. The molecule has 5 rings (SSSR count). The van der Waals surface area contributed by atoms with Gasteiger partial charge in [-0.25, -0.2) is 0 Å². The number of hydrogen-bond donors (Lipinski definition) is 0. The normalized spacial score (nSPS) is 54.5. The molecule has 7 atom stereocenters. The van der Waals surface area contributed by atoms with Gasteiger partial charge >= 0.3 is 5.97 Å². The zero-order valence-electron chi connectivity index (χ0n) is 13.9. The van der Waals surface area contributed by atoms with Crippen molar-refractivity contribution >= 4 is 5.97 Å². The van der Waals surface area contributed by atoms with Crippen molar-refractivity contribution in [1.29, 1.82) is 0 Å². The Morgan fingerprint density at radius 1 is 1.41 bits per heavy atom. The quantitative estimate of drug-likeness (QED) is 0.594. The molecule has 3 aliphatic carbocycles. The van der Waals surface area contributed by atoms with Crippen molar-refractivity contribution in [3.63, 3.8) is 0 Å². The molecule has 0 aromatic carbocycles. The van der Waals surface area contributed by atoms with E-state index in [0.717, 1.165) is 19.3 Å². The highest BCUT2D eigenvalue weighted by molar-refractivity contribution is 5.79. The first-order valence-corrected chi connectivity index (χ1v) is 8.47. The van der Waals surface area contributed by atoms with Gasteiger partial charge in [0.05, 0.1) is 24.4 Å². The van der Waals surface area contributed by atoms with Crippen LogP contribution in [0.4, 0.5) is 0 Å². The van der Waals surface area contributed by atoms with Gasteiger partial charge in [0.15, 0.2) is 0 Å². The summed E-state index contributed by atoms with van der Waals surface area (Å²) in [5.74, 6) is 0.642. The van der Waals surface area contributed by atoms with Gasteiger partial charge in [-0.2, -0.15) is 0 Å². The largest absolute Gasteiger partial charge is 0.465 e. The van der Waals surface area contributed by atoms with Gasteiger partial charge in [-0.15, -0.1) is 0 Å². The fourth-order valence-electron chi connectivity index (χ4n) is 6.22. The second kappa shape index (κ2) is 4.35. The fraction of sp³-hybridized carbons (Fsp3) is 0.833. The van der Waals surface area contributed by atoms with E-state index in [4.69, 9.17) is 14.2 Å². The lowest BCUT2D eigenvalue weighted by molar-refractivity contribution is -0.203. The zero-order chi connectivity index (χ0) is 15.8. The van der Waals surface area contributed by atoms with Crippen LogP contribution < -0.4 is 0 Å². The topological polar surface area (TPSA) is 44.8 Å². The first-order valence-electron chi connectivity index (χ1n) is 8.47. The molecule has 4 heteroatoms. The molecule has 0 aromatic heterocycles. The number of methoxy groups -OCH3 is 1. The molecular formula is C18H26O4. The average molecular weight is 306 g/mol. The van der Waals surface area contributed by atoms with Crippen molar-refractivity contribution in [2.75, 3.05) is 13.7 Å². The van der Waals surface area contributed by atoms with E-state index < -0.39 is 5.41 Å². The fourth-order valence-corrected chi connectivity index (χ4v) is 6.22. The lowest BCUT2D eigenvalue weighted by Gasteiger charge is -2.56. The predicted octanol–water partition coefficient (Wildman–Crippen LogP) is 2.71. The minimum atomic E-state index is -0.666. The van der Waals surface area contributed by atoms with Crippen molar-refractivity contribution < 1.29 is 19.0 Å². The van der Waals surface area contributed by atoms with Crippen LogP contribution in [0.15, 0.2) is 12.2 Å². The third-order valence-corrected chi connectivity index (χ3v) is 6.91. The molecule has 122 valence electrons. The van der Waals surface area contributed by atoms with Crippen LogP contribution in [0, 0.1) is 22.7 Å². The van der Waals surface area contributed by atoms with Crippen molar-refractivity contribution in [1.82, 2.24) is 0 Å². The van der Waals surface area contributed by atoms with Crippen molar-refractivity contribution in [3.05, 3.63) is 12.2 Å². The van der Waals surface area contributed by atoms with Crippen LogP contribution in [0.1, 0.15) is 40.0 Å². The lowest BCUT2D eigenvalue weighted by atomic mass is 9.51. The average Bonchev–Trinajstić information content (AvgIpc) is 2.81. The Labute approximate surface area is 132 Å². The monoisotopic (exact) mass is 306 g/mol. The molecule has 1 spiro atoms. The molecule has 0 aromatic rings. The van der Waals surface area contributed by atoms with Gasteiger partial charge in [0.25, 0.3) is 0 Å². The van der Waals surface area contributed by atoms with E-state index in [9.17, 15) is 4.79 Å². The molecule has 4 bridgehead atoms. The summed E-state index contributed by atoms with van der Waals surface area (Å²) in [6, 6.07) is 0. The summed E-state index contributed by atoms with van der Waals surface area (Å²) in [6.45, 7) is 6.54. The van der Waals surface area contributed by atoms with Crippen molar-refractivity contribution in [2.24, 2.45) is 22.7 Å². The molecule has 4 fully saturated rings. The number of hydrogen-bond acceptors (Lipinski definition) is 4. The number of rotatable bonds is 3. The highest BCUT2D eigenvalue weighted by atomic mass is 16.5. The summed E-state index contributed by atoms with van der Waals surface area (Å²) < 4.78 is 17.5. The van der Waals surface area contributed by atoms with Crippen molar-refractivity contribution in [2.45, 2.75) is 57.8 Å². The maximum atomic E-state index is 12.9. The zero-order valence-corrected chi connectivity index (χ0v) is 13.9. The third-order valence-electron chi connectivity index (χ3n) is 6.91. The minimum Gasteiger partial charge on any atom is -0.465 e. The summed E-state index contributed by atoms with van der Waals surface area (Å²) in [5, 5.41) is 0. The van der Waals surface area contributed by atoms with Crippen LogP contribution in [0.3, 0.4) is 0 Å². The predicted molar refractivity (Wildman–Crippen MR) is 81.2 cm³/mol. The number of carbonyl (C=O) groups excluding carboxylic acids is 1. The smallest absolute Gasteiger partial charge is 0.315 e. The molecular weight excluding hydrogens is 280 g/mol. The summed E-state index contributed by atoms with van der Waals surface area (Å²) in [7, 11) is 1.68. The maximum absolute atomic E-state index is 12.9. The van der Waals surface area contributed by atoms with Gasteiger partial charge in [-0.3, -0.25) is 4.79 Å².